The summed E-state index contributed by atoms with van der Waals surface area (Å²) in [6.07, 6.45) is 3.10. The van der Waals surface area contributed by atoms with Crippen LogP contribution in [0.2, 0.25) is 5.02 Å². The second-order valence-corrected chi connectivity index (χ2v) is 8.40. The van der Waals surface area contributed by atoms with Gasteiger partial charge < -0.3 is 4.74 Å². The van der Waals surface area contributed by atoms with Gasteiger partial charge in [-0.1, -0.05) is 41.6 Å². The number of carbonyl (C=O) groups is 1. The number of carbonyl (C=O) groups excluding carboxylic acids is 1. The molecule has 146 valence electrons. The van der Waals surface area contributed by atoms with Gasteiger partial charge in [0.2, 0.25) is 5.88 Å². The number of fused-ring (bicyclic) bond motifs is 1. The Morgan fingerprint density at radius 2 is 2.03 bits per heavy atom. The van der Waals surface area contributed by atoms with E-state index in [1.165, 1.54) is 15.4 Å². The number of nitrogens with zero attached hydrogens (tertiary/aromatic N) is 3. The van der Waals surface area contributed by atoms with Gasteiger partial charge in [0.1, 0.15) is 21.3 Å². The molecule has 3 heterocycles. The summed E-state index contributed by atoms with van der Waals surface area (Å²) in [5, 5.41) is 0.607. The Labute approximate surface area is 180 Å². The quantitative estimate of drug-likeness (QED) is 0.444. The molecule has 1 saturated heterocycles. The van der Waals surface area contributed by atoms with Crippen molar-refractivity contribution in [2.45, 2.75) is 6.92 Å². The van der Waals surface area contributed by atoms with Crippen LogP contribution in [0.4, 0.5) is 0 Å². The van der Waals surface area contributed by atoms with Crippen LogP contribution in [0, 0.1) is 6.92 Å². The van der Waals surface area contributed by atoms with Gasteiger partial charge >= 0.3 is 0 Å². The van der Waals surface area contributed by atoms with Crippen molar-refractivity contribution in [2.24, 2.45) is 0 Å². The van der Waals surface area contributed by atoms with E-state index in [2.05, 4.69) is 4.98 Å². The van der Waals surface area contributed by atoms with Gasteiger partial charge in [0, 0.05) is 18.3 Å². The van der Waals surface area contributed by atoms with Gasteiger partial charge in [-0.3, -0.25) is 18.9 Å². The first-order valence-electron chi connectivity index (χ1n) is 8.52. The average molecular weight is 444 g/mol. The van der Waals surface area contributed by atoms with Crippen LogP contribution in [0.5, 0.6) is 11.6 Å². The number of rotatable bonds is 3. The van der Waals surface area contributed by atoms with E-state index in [-0.39, 0.29) is 22.9 Å². The van der Waals surface area contributed by atoms with Crippen LogP contribution in [0.25, 0.3) is 11.7 Å². The highest BCUT2D eigenvalue weighted by Crippen LogP contribution is 2.33. The third kappa shape index (κ3) is 3.66. The van der Waals surface area contributed by atoms with Crippen molar-refractivity contribution in [3.05, 3.63) is 74.0 Å². The van der Waals surface area contributed by atoms with Crippen LogP contribution in [0.3, 0.4) is 0 Å². The predicted molar refractivity (Wildman–Crippen MR) is 119 cm³/mol. The molecule has 29 heavy (non-hydrogen) atoms. The minimum atomic E-state index is -0.349. The van der Waals surface area contributed by atoms with Gasteiger partial charge in [0.25, 0.3) is 11.5 Å². The topological polar surface area (TPSA) is 63.9 Å². The van der Waals surface area contributed by atoms with Gasteiger partial charge in [-0.15, -0.1) is 0 Å². The third-order valence-corrected chi connectivity index (χ3v) is 6.25. The van der Waals surface area contributed by atoms with Crippen molar-refractivity contribution < 1.29 is 9.53 Å². The highest BCUT2D eigenvalue weighted by molar-refractivity contribution is 8.26. The summed E-state index contributed by atoms with van der Waals surface area (Å²) in [6.45, 7) is 1.85. The lowest BCUT2D eigenvalue weighted by molar-refractivity contribution is -0.121. The number of thiocarbonyl (C=S) groups is 1. The second-order valence-electron chi connectivity index (χ2n) is 6.32. The number of hydrogen-bond donors (Lipinski definition) is 0. The molecule has 0 radical (unpaired) electrons. The molecule has 1 aliphatic rings. The maximum absolute atomic E-state index is 13.1. The fraction of sp³-hybridized carbons (Fsp3) is 0.100. The highest BCUT2D eigenvalue weighted by Gasteiger charge is 2.30. The van der Waals surface area contributed by atoms with E-state index in [0.717, 1.165) is 17.3 Å². The van der Waals surface area contributed by atoms with Gasteiger partial charge in [-0.05, 0) is 48.9 Å². The normalized spacial score (nSPS) is 15.6. The largest absolute Gasteiger partial charge is 0.438 e. The molecule has 1 fully saturated rings. The van der Waals surface area contributed by atoms with E-state index >= 15 is 0 Å². The maximum Gasteiger partial charge on any atom is 0.269 e. The van der Waals surface area contributed by atoms with Crippen LogP contribution in [0.1, 0.15) is 11.1 Å². The van der Waals surface area contributed by atoms with Gasteiger partial charge in [-0.2, -0.15) is 4.98 Å². The fourth-order valence-electron chi connectivity index (χ4n) is 2.75. The van der Waals surface area contributed by atoms with Crippen LogP contribution < -0.4 is 10.3 Å². The summed E-state index contributed by atoms with van der Waals surface area (Å²) < 4.78 is 7.76. The van der Waals surface area contributed by atoms with Gasteiger partial charge in [0.05, 0.1) is 4.91 Å². The zero-order valence-corrected chi connectivity index (χ0v) is 17.8. The lowest BCUT2D eigenvalue weighted by Crippen LogP contribution is -2.23. The molecule has 4 rings (SSSR count). The standard InChI is InChI=1S/C20H14ClN3O3S2/c1-11-9-12(6-7-14(11)21)27-17-13(10-15-19(26)23(2)20(28)29-15)18(25)24-8-4-3-5-16(24)22-17/h3-10H,1-2H3/b15-10+. The minimum Gasteiger partial charge on any atom is -0.438 e. The number of pyridine rings is 1. The Kier molecular flexibility index (Phi) is 5.16. The minimum absolute atomic E-state index is 0.101. The molecule has 0 unspecified atom stereocenters. The van der Waals surface area contributed by atoms with Gasteiger partial charge in [0.15, 0.2) is 0 Å². The molecule has 1 aromatic carbocycles. The number of hydrogen-bond acceptors (Lipinski definition) is 6. The molecule has 0 saturated carbocycles. The number of ether oxygens (including phenoxy) is 1. The number of halogens is 1. The molecule has 1 aliphatic heterocycles. The van der Waals surface area contributed by atoms with Crippen molar-refractivity contribution in [1.29, 1.82) is 0 Å². The zero-order valence-electron chi connectivity index (χ0n) is 15.4. The Morgan fingerprint density at radius 1 is 1.24 bits per heavy atom. The van der Waals surface area contributed by atoms with Crippen molar-refractivity contribution >= 4 is 57.5 Å². The monoisotopic (exact) mass is 443 g/mol. The number of aromatic nitrogens is 2. The lowest BCUT2D eigenvalue weighted by atomic mass is 10.2. The summed E-state index contributed by atoms with van der Waals surface area (Å²) in [5.74, 6) is 0.312. The number of likely N-dealkylation sites (N-methyl/N-ethyl adjacent to an activating group) is 1. The number of benzene rings is 1. The first kappa shape index (κ1) is 19.6. The number of thioether (sulfide) groups is 1. The van der Waals surface area contributed by atoms with E-state index < -0.39 is 0 Å². The molecule has 0 aliphatic carbocycles. The van der Waals surface area contributed by atoms with E-state index in [4.69, 9.17) is 28.6 Å². The molecule has 2 aromatic heterocycles. The maximum atomic E-state index is 13.1. The van der Waals surface area contributed by atoms with E-state index in [1.54, 1.807) is 49.6 Å². The van der Waals surface area contributed by atoms with Crippen molar-refractivity contribution in [3.8, 4) is 11.6 Å². The summed E-state index contributed by atoms with van der Waals surface area (Å²) in [5.41, 5.74) is 1.07. The van der Waals surface area contributed by atoms with Crippen molar-refractivity contribution in [3.63, 3.8) is 0 Å². The van der Waals surface area contributed by atoms with Crippen molar-refractivity contribution in [1.82, 2.24) is 14.3 Å². The average Bonchev–Trinajstić information content (AvgIpc) is 2.94. The Morgan fingerprint density at radius 3 is 2.72 bits per heavy atom. The summed E-state index contributed by atoms with van der Waals surface area (Å²) in [6, 6.07) is 10.4. The molecular weight excluding hydrogens is 430 g/mol. The molecule has 3 aromatic rings. The lowest BCUT2D eigenvalue weighted by Gasteiger charge is -2.11. The number of amides is 1. The third-order valence-electron chi connectivity index (χ3n) is 4.34. The van der Waals surface area contributed by atoms with Crippen LogP contribution in [-0.4, -0.2) is 31.6 Å². The molecule has 9 heteroatoms. The Bertz CT molecular complexity index is 1270. The fourth-order valence-corrected chi connectivity index (χ4v) is 4.03. The molecular formula is C20H14ClN3O3S2. The first-order chi connectivity index (χ1) is 13.8. The van der Waals surface area contributed by atoms with Crippen LogP contribution in [-0.2, 0) is 4.79 Å². The van der Waals surface area contributed by atoms with Crippen molar-refractivity contribution in [2.75, 3.05) is 7.05 Å². The van der Waals surface area contributed by atoms with E-state index in [0.29, 0.717) is 25.6 Å². The SMILES string of the molecule is Cc1cc(Oc2nc3ccccn3c(=O)c2/C=C2/SC(=S)N(C)C2=O)ccc1Cl. The van der Waals surface area contributed by atoms with Gasteiger partial charge in [-0.25, -0.2) is 0 Å². The predicted octanol–water partition coefficient (Wildman–Crippen LogP) is 4.28. The van der Waals surface area contributed by atoms with E-state index in [1.807, 2.05) is 6.92 Å². The summed E-state index contributed by atoms with van der Waals surface area (Å²) >= 11 is 12.4. The molecule has 0 N–H and O–H groups in total. The molecule has 0 bridgehead atoms. The zero-order chi connectivity index (χ0) is 20.7. The van der Waals surface area contributed by atoms with Crippen LogP contribution in [0.15, 0.2) is 52.3 Å². The Hall–Kier alpha value is -2.68. The Balaban J connectivity index is 1.89. The highest BCUT2D eigenvalue weighted by atomic mass is 35.5. The van der Waals surface area contributed by atoms with Crippen LogP contribution >= 0.6 is 35.6 Å². The smallest absolute Gasteiger partial charge is 0.269 e. The summed E-state index contributed by atoms with van der Waals surface area (Å²) in [7, 11) is 1.60. The summed E-state index contributed by atoms with van der Waals surface area (Å²) in [4.78, 5) is 31.7. The number of aryl methyl sites for hydroxylation is 1. The molecule has 1 amide bonds. The first-order valence-corrected chi connectivity index (χ1v) is 10.1. The molecule has 6 nitrogen and oxygen atoms in total. The van der Waals surface area contributed by atoms with E-state index in [9.17, 15) is 9.59 Å². The molecule has 0 spiro atoms. The second kappa shape index (κ2) is 7.62. The molecule has 0 atom stereocenters.